The molecule has 0 unspecified atom stereocenters. The fourth-order valence-corrected chi connectivity index (χ4v) is 1.50. The fourth-order valence-electron chi connectivity index (χ4n) is 1.50. The average Bonchev–Trinajstić information content (AvgIpc) is 2.23. The summed E-state index contributed by atoms with van der Waals surface area (Å²) in [6, 6.07) is 5.59. The number of benzene rings is 1. The quantitative estimate of drug-likeness (QED) is 0.750. The van der Waals surface area contributed by atoms with Gasteiger partial charge in [-0.2, -0.15) is 0 Å². The number of nitrogens with zero attached hydrogens (tertiary/aromatic N) is 1. The number of nitrogen functional groups attached to an aromatic ring is 1. The normalized spacial score (nSPS) is 10.7. The topological polar surface area (TPSA) is 38.9 Å². The smallest absolute Gasteiger partial charge is 0.149 e. The molecule has 0 saturated heterocycles. The maximum absolute atomic E-state index is 13.4. The highest BCUT2D eigenvalue weighted by Gasteiger charge is 2.04. The second-order valence-electron chi connectivity index (χ2n) is 3.22. The summed E-state index contributed by atoms with van der Waals surface area (Å²) in [4.78, 5) is 3.77. The van der Waals surface area contributed by atoms with E-state index in [2.05, 4.69) is 4.98 Å². The minimum Gasteiger partial charge on any atom is -0.383 e. The number of hydrogen-bond donors (Lipinski definition) is 1. The van der Waals surface area contributed by atoms with Gasteiger partial charge in [-0.1, -0.05) is 19.1 Å². The predicted octanol–water partition coefficient (Wildman–Crippen LogP) is 2.52. The van der Waals surface area contributed by atoms with Crippen LogP contribution < -0.4 is 5.73 Å². The van der Waals surface area contributed by atoms with Crippen molar-refractivity contribution in [3.05, 3.63) is 35.8 Å². The van der Waals surface area contributed by atoms with Crippen LogP contribution in [-0.4, -0.2) is 4.98 Å². The molecule has 0 spiro atoms. The Morgan fingerprint density at radius 3 is 2.86 bits per heavy atom. The molecule has 0 aliphatic carbocycles. The Morgan fingerprint density at radius 2 is 2.14 bits per heavy atom. The van der Waals surface area contributed by atoms with E-state index < -0.39 is 0 Å². The van der Waals surface area contributed by atoms with Crippen molar-refractivity contribution in [1.82, 2.24) is 4.98 Å². The standard InChI is InChI=1S/C11H11FN2/c1-2-7-3-4-8-9(5-7)10(12)6-14-11(8)13/h3-6H,2H2,1H3,(H2,13,14). The van der Waals surface area contributed by atoms with Gasteiger partial charge >= 0.3 is 0 Å². The molecule has 0 amide bonds. The molecule has 0 atom stereocenters. The summed E-state index contributed by atoms with van der Waals surface area (Å²) < 4.78 is 13.4. The van der Waals surface area contributed by atoms with Crippen molar-refractivity contribution >= 4 is 16.6 Å². The van der Waals surface area contributed by atoms with Gasteiger partial charge in [0.1, 0.15) is 11.6 Å². The number of aryl methyl sites for hydroxylation is 1. The second-order valence-corrected chi connectivity index (χ2v) is 3.22. The maximum atomic E-state index is 13.4. The minimum absolute atomic E-state index is 0.315. The number of halogens is 1. The third-order valence-electron chi connectivity index (χ3n) is 2.34. The summed E-state index contributed by atoms with van der Waals surface area (Å²) in [5.74, 6) is 0.0635. The van der Waals surface area contributed by atoms with Crippen LogP contribution in [0.15, 0.2) is 24.4 Å². The van der Waals surface area contributed by atoms with Crippen molar-refractivity contribution in [1.29, 1.82) is 0 Å². The molecule has 0 radical (unpaired) electrons. The van der Waals surface area contributed by atoms with Crippen molar-refractivity contribution in [2.45, 2.75) is 13.3 Å². The Kier molecular flexibility index (Phi) is 2.08. The lowest BCUT2D eigenvalue weighted by Crippen LogP contribution is -1.94. The minimum atomic E-state index is -0.315. The van der Waals surface area contributed by atoms with E-state index in [1.165, 1.54) is 0 Å². The zero-order valence-electron chi connectivity index (χ0n) is 7.92. The van der Waals surface area contributed by atoms with Gasteiger partial charge < -0.3 is 5.73 Å². The monoisotopic (exact) mass is 190 g/mol. The highest BCUT2D eigenvalue weighted by molar-refractivity contribution is 5.91. The summed E-state index contributed by atoms with van der Waals surface area (Å²) >= 11 is 0. The zero-order valence-corrected chi connectivity index (χ0v) is 7.92. The average molecular weight is 190 g/mol. The number of hydrogen-bond acceptors (Lipinski definition) is 2. The largest absolute Gasteiger partial charge is 0.383 e. The van der Waals surface area contributed by atoms with Crippen LogP contribution in [0.3, 0.4) is 0 Å². The lowest BCUT2D eigenvalue weighted by molar-refractivity contribution is 0.634. The SMILES string of the molecule is CCc1ccc2c(N)ncc(F)c2c1. The third kappa shape index (κ3) is 1.31. The third-order valence-corrected chi connectivity index (χ3v) is 2.34. The van der Waals surface area contributed by atoms with Gasteiger partial charge in [0.15, 0.2) is 0 Å². The predicted molar refractivity (Wildman–Crippen MR) is 55.5 cm³/mol. The molecular weight excluding hydrogens is 179 g/mol. The Morgan fingerprint density at radius 1 is 1.36 bits per heavy atom. The number of anilines is 1. The van der Waals surface area contributed by atoms with E-state index in [0.29, 0.717) is 16.6 Å². The van der Waals surface area contributed by atoms with Crippen molar-refractivity contribution in [3.8, 4) is 0 Å². The van der Waals surface area contributed by atoms with Gasteiger partial charge in [-0.3, -0.25) is 0 Å². The highest BCUT2D eigenvalue weighted by Crippen LogP contribution is 2.22. The summed E-state index contributed by atoms with van der Waals surface area (Å²) in [6.07, 6.45) is 2.05. The molecule has 3 heteroatoms. The first-order valence-corrected chi connectivity index (χ1v) is 4.55. The molecule has 2 nitrogen and oxygen atoms in total. The van der Waals surface area contributed by atoms with E-state index in [1.54, 1.807) is 0 Å². The van der Waals surface area contributed by atoms with E-state index in [0.717, 1.165) is 18.2 Å². The Labute approximate surface area is 81.6 Å². The Bertz CT molecular complexity index is 480. The van der Waals surface area contributed by atoms with Gasteiger partial charge in [-0.05, 0) is 18.1 Å². The number of aromatic nitrogens is 1. The first kappa shape index (κ1) is 8.94. The molecule has 2 aromatic rings. The van der Waals surface area contributed by atoms with Crippen LogP contribution >= 0.6 is 0 Å². The molecule has 14 heavy (non-hydrogen) atoms. The molecule has 1 heterocycles. The first-order valence-electron chi connectivity index (χ1n) is 4.55. The van der Waals surface area contributed by atoms with Gasteiger partial charge in [-0.15, -0.1) is 0 Å². The number of pyridine rings is 1. The van der Waals surface area contributed by atoms with Crippen LogP contribution in [0.1, 0.15) is 12.5 Å². The highest BCUT2D eigenvalue weighted by atomic mass is 19.1. The van der Waals surface area contributed by atoms with Crippen molar-refractivity contribution in [3.63, 3.8) is 0 Å². The molecule has 2 rings (SSSR count). The number of fused-ring (bicyclic) bond motifs is 1. The lowest BCUT2D eigenvalue weighted by Gasteiger charge is -2.04. The van der Waals surface area contributed by atoms with Crippen molar-refractivity contribution in [2.24, 2.45) is 0 Å². The van der Waals surface area contributed by atoms with Gasteiger partial charge in [-0.25, -0.2) is 9.37 Å². The lowest BCUT2D eigenvalue weighted by atomic mass is 10.1. The van der Waals surface area contributed by atoms with Crippen LogP contribution in [0.4, 0.5) is 10.2 Å². The summed E-state index contributed by atoms with van der Waals surface area (Å²) in [7, 11) is 0. The van der Waals surface area contributed by atoms with Crippen molar-refractivity contribution < 1.29 is 4.39 Å². The molecule has 72 valence electrons. The van der Waals surface area contributed by atoms with Crippen LogP contribution in [0, 0.1) is 5.82 Å². The van der Waals surface area contributed by atoms with E-state index in [9.17, 15) is 4.39 Å². The zero-order chi connectivity index (χ0) is 10.1. The van der Waals surface area contributed by atoms with Crippen LogP contribution in [-0.2, 0) is 6.42 Å². The van der Waals surface area contributed by atoms with Gasteiger partial charge in [0, 0.05) is 10.8 Å². The Hall–Kier alpha value is -1.64. The van der Waals surface area contributed by atoms with Crippen molar-refractivity contribution in [2.75, 3.05) is 5.73 Å². The van der Waals surface area contributed by atoms with E-state index >= 15 is 0 Å². The molecule has 0 aliphatic heterocycles. The van der Waals surface area contributed by atoms with E-state index in [-0.39, 0.29) is 5.82 Å². The first-order chi connectivity index (χ1) is 6.72. The van der Waals surface area contributed by atoms with Gasteiger partial charge in [0.25, 0.3) is 0 Å². The molecule has 1 aromatic heterocycles. The molecule has 0 saturated carbocycles. The number of rotatable bonds is 1. The van der Waals surface area contributed by atoms with Crippen LogP contribution in [0.5, 0.6) is 0 Å². The van der Waals surface area contributed by atoms with E-state index in [1.807, 2.05) is 25.1 Å². The number of nitrogens with two attached hydrogens (primary N) is 1. The Balaban J connectivity index is 2.80. The maximum Gasteiger partial charge on any atom is 0.149 e. The van der Waals surface area contributed by atoms with Gasteiger partial charge in [0.2, 0.25) is 0 Å². The summed E-state index contributed by atoms with van der Waals surface area (Å²) in [6.45, 7) is 2.03. The van der Waals surface area contributed by atoms with Gasteiger partial charge in [0.05, 0.1) is 6.20 Å². The summed E-state index contributed by atoms with van der Waals surface area (Å²) in [5, 5.41) is 1.24. The second kappa shape index (κ2) is 3.25. The van der Waals surface area contributed by atoms with E-state index in [4.69, 9.17) is 5.73 Å². The molecule has 1 aromatic carbocycles. The molecule has 0 bridgehead atoms. The fraction of sp³-hybridized carbons (Fsp3) is 0.182. The molecule has 2 N–H and O–H groups in total. The molecular formula is C11H11FN2. The molecule has 0 fully saturated rings. The van der Waals surface area contributed by atoms with Crippen LogP contribution in [0.2, 0.25) is 0 Å². The summed E-state index contributed by atoms with van der Waals surface area (Å²) in [5.41, 5.74) is 6.74. The molecule has 0 aliphatic rings. The van der Waals surface area contributed by atoms with Crippen LogP contribution in [0.25, 0.3) is 10.8 Å².